The third-order valence-corrected chi connectivity index (χ3v) is 1.04. The van der Waals surface area contributed by atoms with Gasteiger partial charge in [0.05, 0.1) is 12.2 Å². The Morgan fingerprint density at radius 3 is 1.55 bits per heavy atom. The topological polar surface area (TPSA) is 44.5 Å². The number of hydrogen-bond donors (Lipinski definition) is 1. The van der Waals surface area contributed by atoms with Gasteiger partial charge in [-0.2, -0.15) is 0 Å². The fourth-order valence-electron chi connectivity index (χ4n) is 0.750. The van der Waals surface area contributed by atoms with Gasteiger partial charge in [0.25, 0.3) is 0 Å². The predicted molar refractivity (Wildman–Crippen MR) is 45.3 cm³/mol. The second-order valence-corrected chi connectivity index (χ2v) is 3.03. The Kier molecular flexibility index (Phi) is 5.46. The van der Waals surface area contributed by atoms with Crippen LogP contribution in [0, 0.1) is 0 Å². The first-order valence-electron chi connectivity index (χ1n) is 4.07. The van der Waals surface area contributed by atoms with Crippen molar-refractivity contribution < 1.29 is 9.47 Å². The highest BCUT2D eigenvalue weighted by Gasteiger charge is 2.10. The van der Waals surface area contributed by atoms with Crippen LogP contribution in [-0.2, 0) is 9.47 Å². The quantitative estimate of drug-likeness (QED) is 0.614. The predicted octanol–water partition coefficient (Wildman–Crippen LogP) is 1.12. The lowest BCUT2D eigenvalue weighted by Gasteiger charge is -2.21. The smallest absolute Gasteiger partial charge is 0.170 e. The van der Waals surface area contributed by atoms with Crippen molar-refractivity contribution >= 4 is 0 Å². The maximum absolute atomic E-state index is 5.42. The van der Waals surface area contributed by atoms with E-state index < -0.39 is 0 Å². The molecule has 0 aliphatic heterocycles. The Balaban J connectivity index is 3.58. The highest BCUT2D eigenvalue weighted by Crippen LogP contribution is 2.01. The summed E-state index contributed by atoms with van der Waals surface area (Å²) in [4.78, 5) is 0. The lowest BCUT2D eigenvalue weighted by atomic mass is 10.4. The van der Waals surface area contributed by atoms with Crippen molar-refractivity contribution in [3.05, 3.63) is 0 Å². The molecule has 0 atom stereocenters. The minimum absolute atomic E-state index is 0.169. The van der Waals surface area contributed by atoms with Crippen LogP contribution >= 0.6 is 0 Å². The first kappa shape index (κ1) is 10.9. The molecule has 68 valence electrons. The molecule has 0 aromatic heterocycles. The van der Waals surface area contributed by atoms with Gasteiger partial charge in [-0.05, 0) is 27.7 Å². The highest BCUT2D eigenvalue weighted by atomic mass is 16.7. The fourth-order valence-corrected chi connectivity index (χ4v) is 0.750. The molecule has 0 saturated heterocycles. The summed E-state index contributed by atoms with van der Waals surface area (Å²) in [5, 5.41) is 0. The van der Waals surface area contributed by atoms with E-state index in [2.05, 4.69) is 0 Å². The first-order valence-corrected chi connectivity index (χ1v) is 4.07. The molecule has 3 heteroatoms. The van der Waals surface area contributed by atoms with E-state index in [9.17, 15) is 0 Å². The van der Waals surface area contributed by atoms with Crippen molar-refractivity contribution in [3.63, 3.8) is 0 Å². The van der Waals surface area contributed by atoms with Gasteiger partial charge in [-0.15, -0.1) is 0 Å². The van der Waals surface area contributed by atoms with Crippen molar-refractivity contribution in [2.75, 3.05) is 6.54 Å². The van der Waals surface area contributed by atoms with Crippen LogP contribution in [0.2, 0.25) is 0 Å². The lowest BCUT2D eigenvalue weighted by molar-refractivity contribution is -0.174. The molecule has 0 heterocycles. The summed E-state index contributed by atoms with van der Waals surface area (Å²) in [6.07, 6.45) is 0.0830. The summed E-state index contributed by atoms with van der Waals surface area (Å²) in [5.74, 6) is 0. The number of hydrogen-bond acceptors (Lipinski definition) is 3. The molecule has 0 amide bonds. The van der Waals surface area contributed by atoms with Gasteiger partial charge < -0.3 is 15.2 Å². The zero-order valence-corrected chi connectivity index (χ0v) is 7.83. The number of nitrogens with two attached hydrogens (primary N) is 1. The van der Waals surface area contributed by atoms with E-state index in [1.807, 2.05) is 27.7 Å². The molecule has 0 rings (SSSR count). The SMILES string of the molecule is CC(C)OC(CN)OC(C)C. The van der Waals surface area contributed by atoms with Crippen LogP contribution in [0.25, 0.3) is 0 Å². The maximum atomic E-state index is 5.42. The van der Waals surface area contributed by atoms with E-state index in [-0.39, 0.29) is 18.5 Å². The number of rotatable bonds is 5. The van der Waals surface area contributed by atoms with Gasteiger partial charge in [0.15, 0.2) is 6.29 Å². The Morgan fingerprint density at radius 1 is 1.00 bits per heavy atom. The lowest BCUT2D eigenvalue weighted by Crippen LogP contribution is -2.31. The fraction of sp³-hybridized carbons (Fsp3) is 1.00. The second-order valence-electron chi connectivity index (χ2n) is 3.03. The van der Waals surface area contributed by atoms with Crippen molar-refractivity contribution in [1.29, 1.82) is 0 Å². The minimum Gasteiger partial charge on any atom is -0.349 e. The van der Waals surface area contributed by atoms with Crippen LogP contribution in [-0.4, -0.2) is 25.0 Å². The molecule has 0 aliphatic carbocycles. The summed E-state index contributed by atoms with van der Waals surface area (Å²) in [6.45, 7) is 8.27. The molecule has 11 heavy (non-hydrogen) atoms. The zero-order valence-electron chi connectivity index (χ0n) is 7.83. The van der Waals surface area contributed by atoms with E-state index in [0.717, 1.165) is 0 Å². The molecule has 0 saturated carbocycles. The standard InChI is InChI=1S/C8H19NO2/c1-6(2)10-8(5-9)11-7(3)4/h6-8H,5,9H2,1-4H3. The monoisotopic (exact) mass is 161 g/mol. The van der Waals surface area contributed by atoms with Crippen LogP contribution in [0.15, 0.2) is 0 Å². The largest absolute Gasteiger partial charge is 0.349 e. The van der Waals surface area contributed by atoms with Crippen molar-refractivity contribution in [3.8, 4) is 0 Å². The average Bonchev–Trinajstić information content (AvgIpc) is 1.84. The maximum Gasteiger partial charge on any atom is 0.170 e. The van der Waals surface area contributed by atoms with Crippen LogP contribution in [0.3, 0.4) is 0 Å². The summed E-state index contributed by atoms with van der Waals surface area (Å²) in [5.41, 5.74) is 5.42. The highest BCUT2D eigenvalue weighted by molar-refractivity contribution is 4.49. The second kappa shape index (κ2) is 5.52. The summed E-state index contributed by atoms with van der Waals surface area (Å²) in [6, 6.07) is 0. The van der Waals surface area contributed by atoms with Crippen molar-refractivity contribution in [2.24, 2.45) is 5.73 Å². The Morgan fingerprint density at radius 2 is 1.36 bits per heavy atom. The van der Waals surface area contributed by atoms with E-state index >= 15 is 0 Å². The normalized spacial score (nSPS) is 12.0. The van der Waals surface area contributed by atoms with Crippen LogP contribution in [0.1, 0.15) is 27.7 Å². The Labute approximate surface area is 68.9 Å². The van der Waals surface area contributed by atoms with Crippen LogP contribution < -0.4 is 5.73 Å². The van der Waals surface area contributed by atoms with Crippen LogP contribution in [0.5, 0.6) is 0 Å². The van der Waals surface area contributed by atoms with Gasteiger partial charge >= 0.3 is 0 Å². The van der Waals surface area contributed by atoms with Gasteiger partial charge in [0.2, 0.25) is 0 Å². The Hall–Kier alpha value is -0.120. The number of ether oxygens (including phenoxy) is 2. The summed E-state index contributed by atoms with van der Waals surface area (Å²) >= 11 is 0. The molecule has 0 aromatic carbocycles. The van der Waals surface area contributed by atoms with E-state index in [4.69, 9.17) is 15.2 Å². The van der Waals surface area contributed by atoms with Gasteiger partial charge in [-0.1, -0.05) is 0 Å². The van der Waals surface area contributed by atoms with Gasteiger partial charge in [0, 0.05) is 6.54 Å². The van der Waals surface area contributed by atoms with E-state index in [1.54, 1.807) is 0 Å². The molecule has 0 aromatic rings. The molecule has 2 N–H and O–H groups in total. The van der Waals surface area contributed by atoms with Crippen LogP contribution in [0.4, 0.5) is 0 Å². The summed E-state index contributed by atoms with van der Waals surface area (Å²) in [7, 11) is 0. The average molecular weight is 161 g/mol. The van der Waals surface area contributed by atoms with E-state index in [1.165, 1.54) is 0 Å². The van der Waals surface area contributed by atoms with Crippen molar-refractivity contribution in [1.82, 2.24) is 0 Å². The third kappa shape index (κ3) is 6.28. The molecule has 0 radical (unpaired) electrons. The van der Waals surface area contributed by atoms with Crippen molar-refractivity contribution in [2.45, 2.75) is 46.2 Å². The molecule has 0 aliphatic rings. The molecule has 0 bridgehead atoms. The van der Waals surface area contributed by atoms with Gasteiger partial charge in [-0.3, -0.25) is 0 Å². The third-order valence-electron chi connectivity index (χ3n) is 1.04. The van der Waals surface area contributed by atoms with Gasteiger partial charge in [0.1, 0.15) is 0 Å². The molecule has 0 spiro atoms. The minimum atomic E-state index is -0.255. The van der Waals surface area contributed by atoms with Gasteiger partial charge in [-0.25, -0.2) is 0 Å². The zero-order chi connectivity index (χ0) is 8.85. The molecule has 3 nitrogen and oxygen atoms in total. The Bertz CT molecular complexity index is 84.1. The molecule has 0 unspecified atom stereocenters. The molecular formula is C8H19NO2. The first-order chi connectivity index (χ1) is 5.06. The summed E-state index contributed by atoms with van der Waals surface area (Å²) < 4.78 is 10.7. The molecule has 0 fully saturated rings. The van der Waals surface area contributed by atoms with E-state index in [0.29, 0.717) is 6.54 Å². The molecular weight excluding hydrogens is 142 g/mol.